The molecule has 4 rings (SSSR count). The summed E-state index contributed by atoms with van der Waals surface area (Å²) >= 11 is 0. The van der Waals surface area contributed by atoms with Gasteiger partial charge in [-0.3, -0.25) is 9.59 Å². The van der Waals surface area contributed by atoms with Gasteiger partial charge in [-0.2, -0.15) is 0 Å². The minimum Gasteiger partial charge on any atom is -0.497 e. The molecule has 1 fully saturated rings. The summed E-state index contributed by atoms with van der Waals surface area (Å²) in [5, 5.41) is 2.79. The van der Waals surface area contributed by atoms with Crippen molar-refractivity contribution in [2.45, 2.75) is 25.3 Å². The largest absolute Gasteiger partial charge is 0.497 e. The SMILES string of the molecule is COc1ccc(C(=O)N2CCC[C@H](c3cccc(C(=O)NCc4ccccc4F)c3)C2)cc1. The normalized spacial score (nSPS) is 15.7. The van der Waals surface area contributed by atoms with Crippen LogP contribution in [0.2, 0.25) is 0 Å². The fourth-order valence-corrected chi connectivity index (χ4v) is 4.20. The Hall–Kier alpha value is -3.67. The first kappa shape index (κ1) is 22.5. The highest BCUT2D eigenvalue weighted by atomic mass is 19.1. The molecule has 1 aliphatic heterocycles. The van der Waals surface area contributed by atoms with E-state index >= 15 is 0 Å². The Balaban J connectivity index is 1.42. The standard InChI is InChI=1S/C27H27FN2O3/c1-33-24-13-11-19(12-14-24)27(32)30-15-5-9-23(18-30)20-7-4-8-21(16-20)26(31)29-17-22-6-2-3-10-25(22)28/h2-4,6-8,10-14,16,23H,5,9,15,17-18H2,1H3,(H,29,31)/t23-/m0/s1. The number of carbonyl (C=O) groups is 2. The number of piperidine rings is 1. The number of carbonyl (C=O) groups excluding carboxylic acids is 2. The van der Waals surface area contributed by atoms with E-state index in [-0.39, 0.29) is 30.1 Å². The van der Waals surface area contributed by atoms with Crippen molar-refractivity contribution in [3.63, 3.8) is 0 Å². The van der Waals surface area contributed by atoms with Crippen molar-refractivity contribution in [1.82, 2.24) is 10.2 Å². The van der Waals surface area contributed by atoms with E-state index < -0.39 is 0 Å². The molecular weight excluding hydrogens is 419 g/mol. The van der Waals surface area contributed by atoms with Gasteiger partial charge in [-0.05, 0) is 60.9 Å². The zero-order chi connectivity index (χ0) is 23.2. The van der Waals surface area contributed by atoms with Crippen LogP contribution in [0.25, 0.3) is 0 Å². The number of rotatable bonds is 6. The molecule has 1 aliphatic rings. The minimum absolute atomic E-state index is 0.00105. The molecule has 2 amide bonds. The molecule has 3 aromatic carbocycles. The molecule has 5 nitrogen and oxygen atoms in total. The number of nitrogens with one attached hydrogen (secondary N) is 1. The molecule has 170 valence electrons. The van der Waals surface area contributed by atoms with Gasteiger partial charge in [0, 0.05) is 42.2 Å². The average molecular weight is 447 g/mol. The third-order valence-electron chi connectivity index (χ3n) is 6.06. The molecule has 0 aromatic heterocycles. The smallest absolute Gasteiger partial charge is 0.253 e. The predicted octanol–water partition coefficient (Wildman–Crippen LogP) is 4.78. The molecule has 3 aromatic rings. The number of hydrogen-bond donors (Lipinski definition) is 1. The molecule has 0 aliphatic carbocycles. The summed E-state index contributed by atoms with van der Waals surface area (Å²) in [6.45, 7) is 1.44. The molecular formula is C27H27FN2O3. The summed E-state index contributed by atoms with van der Waals surface area (Å²) in [6, 6.07) is 21.0. The number of methoxy groups -OCH3 is 1. The monoisotopic (exact) mass is 446 g/mol. The van der Waals surface area contributed by atoms with E-state index in [2.05, 4.69) is 5.32 Å². The fraction of sp³-hybridized carbons (Fsp3) is 0.259. The number of likely N-dealkylation sites (tertiary alicyclic amines) is 1. The number of nitrogens with zero attached hydrogens (tertiary/aromatic N) is 1. The Morgan fingerprint density at radius 1 is 1.03 bits per heavy atom. The number of hydrogen-bond acceptors (Lipinski definition) is 3. The molecule has 0 bridgehead atoms. The Labute approximate surface area is 193 Å². The van der Waals surface area contributed by atoms with Crippen LogP contribution in [0.4, 0.5) is 4.39 Å². The summed E-state index contributed by atoms with van der Waals surface area (Å²) in [5.74, 6) is 0.284. The van der Waals surface area contributed by atoms with E-state index in [9.17, 15) is 14.0 Å². The van der Waals surface area contributed by atoms with Gasteiger partial charge in [0.25, 0.3) is 11.8 Å². The van der Waals surface area contributed by atoms with Crippen LogP contribution in [0, 0.1) is 5.82 Å². The summed E-state index contributed by atoms with van der Waals surface area (Å²) < 4.78 is 19.0. The van der Waals surface area contributed by atoms with Gasteiger partial charge in [0.1, 0.15) is 11.6 Å². The van der Waals surface area contributed by atoms with E-state index in [1.807, 2.05) is 23.1 Å². The quantitative estimate of drug-likeness (QED) is 0.593. The molecule has 33 heavy (non-hydrogen) atoms. The summed E-state index contributed by atoms with van der Waals surface area (Å²) in [6.07, 6.45) is 1.85. The molecule has 0 spiro atoms. The van der Waals surface area contributed by atoms with E-state index in [0.29, 0.717) is 35.5 Å². The second kappa shape index (κ2) is 10.3. The van der Waals surface area contributed by atoms with Gasteiger partial charge < -0.3 is 15.0 Å². The number of halogens is 1. The van der Waals surface area contributed by atoms with Crippen LogP contribution < -0.4 is 10.1 Å². The lowest BCUT2D eigenvalue weighted by Gasteiger charge is -2.33. The third kappa shape index (κ3) is 5.40. The summed E-state index contributed by atoms with van der Waals surface area (Å²) in [7, 11) is 1.60. The van der Waals surface area contributed by atoms with Gasteiger partial charge in [0.05, 0.1) is 7.11 Å². The van der Waals surface area contributed by atoms with E-state index in [1.165, 1.54) is 6.07 Å². The second-order valence-electron chi connectivity index (χ2n) is 8.22. The maximum atomic E-state index is 13.8. The van der Waals surface area contributed by atoms with Gasteiger partial charge in [0.2, 0.25) is 0 Å². The van der Waals surface area contributed by atoms with E-state index in [0.717, 1.165) is 18.4 Å². The molecule has 1 N–H and O–H groups in total. The van der Waals surface area contributed by atoms with Crippen LogP contribution in [-0.4, -0.2) is 36.9 Å². The first-order chi connectivity index (χ1) is 16.0. The lowest BCUT2D eigenvalue weighted by Crippen LogP contribution is -2.39. The molecule has 1 atom stereocenters. The van der Waals surface area contributed by atoms with Crippen molar-refractivity contribution < 1.29 is 18.7 Å². The van der Waals surface area contributed by atoms with Gasteiger partial charge in [-0.15, -0.1) is 0 Å². The van der Waals surface area contributed by atoms with Crippen LogP contribution in [-0.2, 0) is 6.54 Å². The van der Waals surface area contributed by atoms with Crippen molar-refractivity contribution in [2.24, 2.45) is 0 Å². The van der Waals surface area contributed by atoms with E-state index in [1.54, 1.807) is 55.6 Å². The molecule has 0 radical (unpaired) electrons. The lowest BCUT2D eigenvalue weighted by molar-refractivity contribution is 0.0706. The van der Waals surface area contributed by atoms with Crippen LogP contribution in [0.1, 0.15) is 50.6 Å². The summed E-state index contributed by atoms with van der Waals surface area (Å²) in [4.78, 5) is 27.5. The zero-order valence-corrected chi connectivity index (χ0v) is 18.6. The molecule has 6 heteroatoms. The Kier molecular flexibility index (Phi) is 7.03. The van der Waals surface area contributed by atoms with Crippen LogP contribution in [0.3, 0.4) is 0 Å². The highest BCUT2D eigenvalue weighted by Crippen LogP contribution is 2.28. The van der Waals surface area contributed by atoms with Crippen LogP contribution >= 0.6 is 0 Å². The van der Waals surface area contributed by atoms with Crippen LogP contribution in [0.5, 0.6) is 5.75 Å². The Morgan fingerprint density at radius 3 is 2.58 bits per heavy atom. The van der Waals surface area contributed by atoms with Gasteiger partial charge in [-0.25, -0.2) is 4.39 Å². The highest BCUT2D eigenvalue weighted by molar-refractivity contribution is 5.95. The first-order valence-corrected chi connectivity index (χ1v) is 11.1. The predicted molar refractivity (Wildman–Crippen MR) is 125 cm³/mol. The number of amides is 2. The Morgan fingerprint density at radius 2 is 1.82 bits per heavy atom. The van der Waals surface area contributed by atoms with Crippen molar-refractivity contribution in [3.05, 3.63) is 101 Å². The average Bonchev–Trinajstić information content (AvgIpc) is 2.88. The summed E-state index contributed by atoms with van der Waals surface area (Å²) in [5.41, 5.74) is 2.64. The molecule has 0 unspecified atom stereocenters. The van der Waals surface area contributed by atoms with Crippen molar-refractivity contribution >= 4 is 11.8 Å². The molecule has 1 saturated heterocycles. The topological polar surface area (TPSA) is 58.6 Å². The number of ether oxygens (including phenoxy) is 1. The number of benzene rings is 3. The van der Waals surface area contributed by atoms with Crippen LogP contribution in [0.15, 0.2) is 72.8 Å². The maximum absolute atomic E-state index is 13.8. The van der Waals surface area contributed by atoms with E-state index in [4.69, 9.17) is 4.74 Å². The lowest BCUT2D eigenvalue weighted by atomic mass is 9.89. The van der Waals surface area contributed by atoms with Crippen molar-refractivity contribution in [3.8, 4) is 5.75 Å². The molecule has 1 heterocycles. The zero-order valence-electron chi connectivity index (χ0n) is 18.6. The minimum atomic E-state index is -0.338. The first-order valence-electron chi connectivity index (χ1n) is 11.1. The van der Waals surface area contributed by atoms with Gasteiger partial charge in [0.15, 0.2) is 0 Å². The highest BCUT2D eigenvalue weighted by Gasteiger charge is 2.26. The van der Waals surface area contributed by atoms with Gasteiger partial charge >= 0.3 is 0 Å². The van der Waals surface area contributed by atoms with Gasteiger partial charge in [-0.1, -0.05) is 30.3 Å². The maximum Gasteiger partial charge on any atom is 0.253 e. The third-order valence-corrected chi connectivity index (χ3v) is 6.06. The Bertz CT molecular complexity index is 1130. The molecule has 0 saturated carbocycles. The van der Waals surface area contributed by atoms with Crippen molar-refractivity contribution in [2.75, 3.05) is 20.2 Å². The fourth-order valence-electron chi connectivity index (χ4n) is 4.20. The second-order valence-corrected chi connectivity index (χ2v) is 8.22. The van der Waals surface area contributed by atoms with Crippen molar-refractivity contribution in [1.29, 1.82) is 0 Å².